The molecule has 0 aliphatic rings. The minimum absolute atomic E-state index is 0.0311. The molecule has 0 aliphatic heterocycles. The molecule has 8 heteroatoms. The summed E-state index contributed by atoms with van der Waals surface area (Å²) in [7, 11) is -3.62. The van der Waals surface area contributed by atoms with Crippen LogP contribution >= 0.6 is 0 Å². The first-order valence-corrected chi connectivity index (χ1v) is 8.87. The molecule has 2 N–H and O–H groups in total. The lowest BCUT2D eigenvalue weighted by atomic mass is 10.2. The van der Waals surface area contributed by atoms with Gasteiger partial charge in [0.25, 0.3) is 5.91 Å². The van der Waals surface area contributed by atoms with Crippen LogP contribution in [0.4, 0.5) is 0 Å². The van der Waals surface area contributed by atoms with E-state index in [0.717, 1.165) is 0 Å². The van der Waals surface area contributed by atoms with Crippen LogP contribution in [0.5, 0.6) is 0 Å². The Morgan fingerprint density at radius 2 is 1.87 bits per heavy atom. The molecule has 1 aromatic rings. The Morgan fingerprint density at radius 1 is 1.22 bits per heavy atom. The lowest BCUT2D eigenvalue weighted by Gasteiger charge is -2.18. The molecule has 128 valence electrons. The van der Waals surface area contributed by atoms with E-state index >= 15 is 0 Å². The molecule has 1 rings (SSSR count). The number of amides is 1. The average molecular weight is 342 g/mol. The lowest BCUT2D eigenvalue weighted by Crippen LogP contribution is -2.31. The highest BCUT2D eigenvalue weighted by Gasteiger charge is 2.22. The number of sulfonamides is 1. The van der Waals surface area contributed by atoms with Crippen molar-refractivity contribution < 1.29 is 23.1 Å². The second-order valence-corrected chi connectivity index (χ2v) is 6.81. The number of nitrogens with zero attached hydrogens (tertiary/aromatic N) is 1. The van der Waals surface area contributed by atoms with Gasteiger partial charge in [-0.25, -0.2) is 8.42 Å². The highest BCUT2D eigenvalue weighted by Crippen LogP contribution is 2.17. The van der Waals surface area contributed by atoms with Gasteiger partial charge < -0.3 is 10.4 Å². The quantitative estimate of drug-likeness (QED) is 0.659. The minimum atomic E-state index is -3.62. The number of carbonyl (C=O) groups is 2. The number of hydrogen-bond acceptors (Lipinski definition) is 4. The van der Waals surface area contributed by atoms with Crippen molar-refractivity contribution in [2.75, 3.05) is 19.6 Å². The van der Waals surface area contributed by atoms with E-state index in [9.17, 15) is 18.0 Å². The highest BCUT2D eigenvalue weighted by molar-refractivity contribution is 7.89. The molecule has 0 heterocycles. The summed E-state index contributed by atoms with van der Waals surface area (Å²) in [6.07, 6.45) is 0.287. The number of carboxylic acid groups (broad SMARTS) is 1. The van der Waals surface area contributed by atoms with Gasteiger partial charge in [0.2, 0.25) is 10.0 Å². The van der Waals surface area contributed by atoms with E-state index in [0.29, 0.717) is 19.5 Å². The Labute approximate surface area is 136 Å². The van der Waals surface area contributed by atoms with Crippen molar-refractivity contribution in [2.45, 2.75) is 31.6 Å². The second kappa shape index (κ2) is 8.64. The summed E-state index contributed by atoms with van der Waals surface area (Å²) in [5.74, 6) is -1.35. The van der Waals surface area contributed by atoms with Gasteiger partial charge in [0, 0.05) is 31.6 Å². The highest BCUT2D eigenvalue weighted by atomic mass is 32.2. The predicted molar refractivity (Wildman–Crippen MR) is 85.8 cm³/mol. The van der Waals surface area contributed by atoms with E-state index in [1.807, 2.05) is 0 Å². The third-order valence-corrected chi connectivity index (χ3v) is 5.34. The first kappa shape index (κ1) is 19.1. The maximum Gasteiger partial charge on any atom is 0.303 e. The van der Waals surface area contributed by atoms with Crippen LogP contribution in [0.3, 0.4) is 0 Å². The molecule has 0 radical (unpaired) electrons. The van der Waals surface area contributed by atoms with Gasteiger partial charge in [-0.15, -0.1) is 0 Å². The van der Waals surface area contributed by atoms with Crippen LogP contribution in [0.25, 0.3) is 0 Å². The Kier molecular flexibility index (Phi) is 7.18. The molecule has 0 atom stereocenters. The maximum atomic E-state index is 12.4. The molecule has 0 fully saturated rings. The van der Waals surface area contributed by atoms with E-state index in [4.69, 9.17) is 5.11 Å². The van der Waals surface area contributed by atoms with E-state index in [1.54, 1.807) is 13.8 Å². The van der Waals surface area contributed by atoms with E-state index in [1.165, 1.54) is 28.6 Å². The van der Waals surface area contributed by atoms with Crippen LogP contribution in [0, 0.1) is 0 Å². The van der Waals surface area contributed by atoms with Crippen LogP contribution in [0.1, 0.15) is 37.0 Å². The molecule has 0 saturated heterocycles. The van der Waals surface area contributed by atoms with Gasteiger partial charge >= 0.3 is 5.97 Å². The van der Waals surface area contributed by atoms with Crippen molar-refractivity contribution in [1.82, 2.24) is 9.62 Å². The number of carboxylic acids is 1. The Hall–Kier alpha value is -1.93. The van der Waals surface area contributed by atoms with Gasteiger partial charge in [-0.05, 0) is 24.6 Å². The Bertz CT molecular complexity index is 654. The predicted octanol–water partition coefficient (Wildman–Crippen LogP) is 1.31. The van der Waals surface area contributed by atoms with Gasteiger partial charge in [0.15, 0.2) is 0 Å². The largest absolute Gasteiger partial charge is 0.481 e. The van der Waals surface area contributed by atoms with Crippen molar-refractivity contribution in [2.24, 2.45) is 0 Å². The van der Waals surface area contributed by atoms with E-state index in [-0.39, 0.29) is 23.4 Å². The van der Waals surface area contributed by atoms with Crippen molar-refractivity contribution in [1.29, 1.82) is 0 Å². The fourth-order valence-corrected chi connectivity index (χ4v) is 3.56. The number of aliphatic carboxylic acids is 1. The summed E-state index contributed by atoms with van der Waals surface area (Å²) in [6.45, 7) is 4.42. The van der Waals surface area contributed by atoms with Crippen LogP contribution in [-0.2, 0) is 14.8 Å². The van der Waals surface area contributed by atoms with Gasteiger partial charge in [-0.3, -0.25) is 9.59 Å². The lowest BCUT2D eigenvalue weighted by molar-refractivity contribution is -0.137. The zero-order valence-corrected chi connectivity index (χ0v) is 14.1. The standard InChI is InChI=1S/C15H22N2O5S/c1-3-17(4-2)23(21,22)13-8-5-7-12(11-13)15(20)16-10-6-9-14(18)19/h5,7-8,11H,3-4,6,9-10H2,1-2H3,(H,16,20)(H,18,19). The second-order valence-electron chi connectivity index (χ2n) is 4.87. The van der Waals surface area contributed by atoms with Gasteiger partial charge in [0.05, 0.1) is 4.90 Å². The fourth-order valence-electron chi connectivity index (χ4n) is 2.05. The van der Waals surface area contributed by atoms with Crippen molar-refractivity contribution >= 4 is 21.9 Å². The molecule has 1 aromatic carbocycles. The number of rotatable bonds is 9. The number of benzene rings is 1. The molecule has 0 saturated carbocycles. The first-order chi connectivity index (χ1) is 10.8. The SMILES string of the molecule is CCN(CC)S(=O)(=O)c1cccc(C(=O)NCCCC(=O)O)c1. The fraction of sp³-hybridized carbons (Fsp3) is 0.467. The Morgan fingerprint density at radius 3 is 2.43 bits per heavy atom. The maximum absolute atomic E-state index is 12.4. The average Bonchev–Trinajstić information content (AvgIpc) is 2.52. The zero-order chi connectivity index (χ0) is 17.5. The van der Waals surface area contributed by atoms with Crippen LogP contribution < -0.4 is 5.32 Å². The van der Waals surface area contributed by atoms with Gasteiger partial charge in [0.1, 0.15) is 0 Å². The normalized spacial score (nSPS) is 11.4. The summed E-state index contributed by atoms with van der Waals surface area (Å²) >= 11 is 0. The molecule has 0 unspecified atom stereocenters. The number of nitrogens with one attached hydrogen (secondary N) is 1. The number of carbonyl (C=O) groups excluding carboxylic acids is 1. The molecule has 0 spiro atoms. The van der Waals surface area contributed by atoms with Crippen molar-refractivity contribution in [3.05, 3.63) is 29.8 Å². The topological polar surface area (TPSA) is 104 Å². The molecule has 1 amide bonds. The third-order valence-electron chi connectivity index (χ3n) is 3.29. The molecular formula is C15H22N2O5S. The summed E-state index contributed by atoms with van der Waals surface area (Å²) < 4.78 is 26.2. The van der Waals surface area contributed by atoms with Gasteiger partial charge in [-0.1, -0.05) is 19.9 Å². The van der Waals surface area contributed by atoms with Crippen LogP contribution in [0.2, 0.25) is 0 Å². The summed E-state index contributed by atoms with van der Waals surface area (Å²) in [5.41, 5.74) is 0.230. The van der Waals surface area contributed by atoms with Gasteiger partial charge in [-0.2, -0.15) is 4.31 Å². The monoisotopic (exact) mass is 342 g/mol. The molecule has 0 aliphatic carbocycles. The van der Waals surface area contributed by atoms with Crippen molar-refractivity contribution in [3.63, 3.8) is 0 Å². The molecule has 0 bridgehead atoms. The van der Waals surface area contributed by atoms with E-state index < -0.39 is 21.9 Å². The third kappa shape index (κ3) is 5.33. The van der Waals surface area contributed by atoms with E-state index in [2.05, 4.69) is 5.32 Å². The molecular weight excluding hydrogens is 320 g/mol. The summed E-state index contributed by atoms with van der Waals surface area (Å²) in [5, 5.41) is 11.1. The first-order valence-electron chi connectivity index (χ1n) is 7.43. The molecule has 23 heavy (non-hydrogen) atoms. The summed E-state index contributed by atoms with van der Waals surface area (Å²) in [6, 6.07) is 5.82. The molecule has 7 nitrogen and oxygen atoms in total. The smallest absolute Gasteiger partial charge is 0.303 e. The Balaban J connectivity index is 2.84. The number of hydrogen-bond donors (Lipinski definition) is 2. The van der Waals surface area contributed by atoms with Crippen molar-refractivity contribution in [3.8, 4) is 0 Å². The zero-order valence-electron chi connectivity index (χ0n) is 13.3. The van der Waals surface area contributed by atoms with Crippen LogP contribution in [0.15, 0.2) is 29.2 Å². The summed E-state index contributed by atoms with van der Waals surface area (Å²) in [4.78, 5) is 22.5. The molecule has 0 aromatic heterocycles. The minimum Gasteiger partial charge on any atom is -0.481 e. The van der Waals surface area contributed by atoms with Crippen LogP contribution in [-0.4, -0.2) is 49.3 Å².